The lowest BCUT2D eigenvalue weighted by Crippen LogP contribution is -2.28. The van der Waals surface area contributed by atoms with Gasteiger partial charge in [0.05, 0.1) is 0 Å². The number of carbonyl (C=O) groups is 1. The lowest BCUT2D eigenvalue weighted by Gasteiger charge is -2.10. The Hall–Kier alpha value is -2.17. The molecule has 1 N–H and O–H groups in total. The van der Waals surface area contributed by atoms with Gasteiger partial charge in [-0.1, -0.05) is 24.3 Å². The fourth-order valence-corrected chi connectivity index (χ4v) is 3.14. The summed E-state index contributed by atoms with van der Waals surface area (Å²) in [7, 11) is 0. The highest BCUT2D eigenvalue weighted by molar-refractivity contribution is 5.83. The van der Waals surface area contributed by atoms with Crippen molar-refractivity contribution in [1.82, 2.24) is 20.1 Å². The van der Waals surface area contributed by atoms with Crippen LogP contribution in [0, 0.1) is 12.8 Å². The summed E-state index contributed by atoms with van der Waals surface area (Å²) >= 11 is 0. The van der Waals surface area contributed by atoms with Gasteiger partial charge in [0.2, 0.25) is 5.91 Å². The highest BCUT2D eigenvalue weighted by Gasteiger charge is 2.44. The zero-order valence-electron chi connectivity index (χ0n) is 14.0. The third kappa shape index (κ3) is 3.44. The first kappa shape index (κ1) is 15.7. The molecule has 5 heteroatoms. The standard InChI is InChI=1S/C18H24N4O/c1-12(2)22-11-20-21-17(22)8-9-19-18(23)16-10-15(16)14-7-5-4-6-13(14)3/h4-7,11-12,15-16H,8-10H2,1-3H3,(H,19,23)/t15-,16-/m0/s1. The van der Waals surface area contributed by atoms with Crippen LogP contribution in [0.25, 0.3) is 0 Å². The largest absolute Gasteiger partial charge is 0.355 e. The van der Waals surface area contributed by atoms with Crippen molar-refractivity contribution in [1.29, 1.82) is 0 Å². The number of rotatable bonds is 6. The number of benzene rings is 1. The lowest BCUT2D eigenvalue weighted by molar-refractivity contribution is -0.122. The van der Waals surface area contributed by atoms with Crippen molar-refractivity contribution < 1.29 is 4.79 Å². The molecule has 0 unspecified atom stereocenters. The SMILES string of the molecule is Cc1ccccc1[C@@H]1C[C@@H]1C(=O)NCCc1nncn1C(C)C. The first-order valence-corrected chi connectivity index (χ1v) is 8.29. The van der Waals surface area contributed by atoms with Crippen molar-refractivity contribution >= 4 is 5.91 Å². The molecule has 0 radical (unpaired) electrons. The molecule has 122 valence electrons. The predicted molar refractivity (Wildman–Crippen MR) is 89.1 cm³/mol. The molecule has 1 fully saturated rings. The van der Waals surface area contributed by atoms with E-state index >= 15 is 0 Å². The van der Waals surface area contributed by atoms with E-state index in [9.17, 15) is 4.79 Å². The van der Waals surface area contributed by atoms with Gasteiger partial charge in [-0.05, 0) is 44.2 Å². The summed E-state index contributed by atoms with van der Waals surface area (Å²) in [6.45, 7) is 6.92. The molecule has 1 aliphatic carbocycles. The van der Waals surface area contributed by atoms with Gasteiger partial charge in [0.25, 0.3) is 0 Å². The molecule has 2 aromatic rings. The van der Waals surface area contributed by atoms with E-state index in [1.165, 1.54) is 11.1 Å². The van der Waals surface area contributed by atoms with Crippen molar-refractivity contribution in [2.24, 2.45) is 5.92 Å². The van der Waals surface area contributed by atoms with E-state index in [1.807, 2.05) is 16.7 Å². The molecule has 1 aromatic heterocycles. The van der Waals surface area contributed by atoms with Gasteiger partial charge >= 0.3 is 0 Å². The topological polar surface area (TPSA) is 59.8 Å². The Balaban J connectivity index is 1.50. The number of nitrogens with one attached hydrogen (secondary N) is 1. The number of nitrogens with zero attached hydrogens (tertiary/aromatic N) is 3. The van der Waals surface area contributed by atoms with Gasteiger partial charge in [-0.25, -0.2) is 0 Å². The van der Waals surface area contributed by atoms with Gasteiger partial charge < -0.3 is 9.88 Å². The summed E-state index contributed by atoms with van der Waals surface area (Å²) in [6.07, 6.45) is 3.42. The van der Waals surface area contributed by atoms with E-state index in [2.05, 4.69) is 48.4 Å². The number of hydrogen-bond donors (Lipinski definition) is 1. The molecule has 1 heterocycles. The first-order chi connectivity index (χ1) is 11.1. The molecule has 1 aliphatic rings. The first-order valence-electron chi connectivity index (χ1n) is 8.29. The molecular weight excluding hydrogens is 288 g/mol. The van der Waals surface area contributed by atoms with E-state index < -0.39 is 0 Å². The fourth-order valence-electron chi connectivity index (χ4n) is 3.14. The molecule has 0 spiro atoms. The van der Waals surface area contributed by atoms with Crippen LogP contribution in [0.2, 0.25) is 0 Å². The van der Waals surface area contributed by atoms with E-state index in [0.29, 0.717) is 24.9 Å². The molecule has 1 saturated carbocycles. The average molecular weight is 312 g/mol. The monoisotopic (exact) mass is 312 g/mol. The van der Waals surface area contributed by atoms with Crippen molar-refractivity contribution in [2.45, 2.75) is 45.6 Å². The third-order valence-corrected chi connectivity index (χ3v) is 4.57. The molecule has 0 saturated heterocycles. The minimum Gasteiger partial charge on any atom is -0.355 e. The smallest absolute Gasteiger partial charge is 0.223 e. The van der Waals surface area contributed by atoms with Crippen LogP contribution in [0.4, 0.5) is 0 Å². The van der Waals surface area contributed by atoms with Crippen LogP contribution in [0.1, 0.15) is 49.2 Å². The Kier molecular flexibility index (Phi) is 4.46. The molecular formula is C18H24N4O. The molecule has 3 rings (SSSR count). The van der Waals surface area contributed by atoms with Crippen LogP contribution in [-0.2, 0) is 11.2 Å². The van der Waals surface area contributed by atoms with Gasteiger partial charge in [0.1, 0.15) is 12.2 Å². The molecule has 1 aromatic carbocycles. The van der Waals surface area contributed by atoms with Crippen LogP contribution in [-0.4, -0.2) is 27.2 Å². The zero-order valence-corrected chi connectivity index (χ0v) is 14.0. The maximum absolute atomic E-state index is 12.3. The summed E-state index contributed by atoms with van der Waals surface area (Å²) in [6, 6.07) is 8.68. The minimum atomic E-state index is 0.124. The summed E-state index contributed by atoms with van der Waals surface area (Å²) in [5.74, 6) is 1.59. The van der Waals surface area contributed by atoms with Crippen molar-refractivity contribution in [3.05, 3.63) is 47.5 Å². The van der Waals surface area contributed by atoms with Gasteiger partial charge in [0.15, 0.2) is 0 Å². The van der Waals surface area contributed by atoms with Gasteiger partial charge in [-0.15, -0.1) is 10.2 Å². The lowest BCUT2D eigenvalue weighted by atomic mass is 10.0. The third-order valence-electron chi connectivity index (χ3n) is 4.57. The van der Waals surface area contributed by atoms with Gasteiger partial charge in [-0.3, -0.25) is 4.79 Å². The Morgan fingerprint density at radius 1 is 1.39 bits per heavy atom. The zero-order chi connectivity index (χ0) is 16.4. The highest BCUT2D eigenvalue weighted by Crippen LogP contribution is 2.48. The Morgan fingerprint density at radius 2 is 2.17 bits per heavy atom. The number of aromatic nitrogens is 3. The van der Waals surface area contributed by atoms with E-state index in [1.54, 1.807) is 6.33 Å². The van der Waals surface area contributed by atoms with Crippen molar-refractivity contribution in [3.8, 4) is 0 Å². The molecule has 2 atom stereocenters. The van der Waals surface area contributed by atoms with Crippen molar-refractivity contribution in [3.63, 3.8) is 0 Å². The number of aryl methyl sites for hydroxylation is 1. The number of hydrogen-bond acceptors (Lipinski definition) is 3. The molecule has 0 aliphatic heterocycles. The van der Waals surface area contributed by atoms with Crippen LogP contribution < -0.4 is 5.32 Å². The summed E-state index contributed by atoms with van der Waals surface area (Å²) in [5.41, 5.74) is 2.59. The molecule has 5 nitrogen and oxygen atoms in total. The highest BCUT2D eigenvalue weighted by atomic mass is 16.2. The van der Waals surface area contributed by atoms with Gasteiger partial charge in [-0.2, -0.15) is 0 Å². The maximum atomic E-state index is 12.3. The van der Waals surface area contributed by atoms with Crippen LogP contribution in [0.3, 0.4) is 0 Å². The second-order valence-corrected chi connectivity index (χ2v) is 6.59. The second-order valence-electron chi connectivity index (χ2n) is 6.59. The predicted octanol–water partition coefficient (Wildman–Crippen LogP) is 2.63. The second kappa shape index (κ2) is 6.52. The van der Waals surface area contributed by atoms with Gasteiger partial charge in [0, 0.05) is 24.9 Å². The Bertz CT molecular complexity index is 692. The molecule has 0 bridgehead atoms. The maximum Gasteiger partial charge on any atom is 0.223 e. The number of amides is 1. The Labute approximate surface area is 137 Å². The van der Waals surface area contributed by atoms with E-state index in [0.717, 1.165) is 12.2 Å². The molecule has 23 heavy (non-hydrogen) atoms. The summed E-state index contributed by atoms with van der Waals surface area (Å²) in [4.78, 5) is 12.3. The van der Waals surface area contributed by atoms with Crippen LogP contribution >= 0.6 is 0 Å². The Morgan fingerprint density at radius 3 is 2.91 bits per heavy atom. The van der Waals surface area contributed by atoms with E-state index in [-0.39, 0.29) is 11.8 Å². The quantitative estimate of drug-likeness (QED) is 0.892. The van der Waals surface area contributed by atoms with E-state index in [4.69, 9.17) is 0 Å². The average Bonchev–Trinajstić information content (AvgIpc) is 3.17. The summed E-state index contributed by atoms with van der Waals surface area (Å²) < 4.78 is 2.04. The minimum absolute atomic E-state index is 0.124. The van der Waals surface area contributed by atoms with Crippen LogP contribution in [0.5, 0.6) is 0 Å². The summed E-state index contributed by atoms with van der Waals surface area (Å²) in [5, 5.41) is 11.1. The van der Waals surface area contributed by atoms with Crippen molar-refractivity contribution in [2.75, 3.05) is 6.54 Å². The fraction of sp³-hybridized carbons (Fsp3) is 0.500. The molecule has 1 amide bonds. The number of carbonyl (C=O) groups excluding carboxylic acids is 1. The normalized spacial score (nSPS) is 19.8. The van der Waals surface area contributed by atoms with Crippen LogP contribution in [0.15, 0.2) is 30.6 Å².